The van der Waals surface area contributed by atoms with E-state index in [1.54, 1.807) is 0 Å². The Kier molecular flexibility index (Phi) is 8.10. The van der Waals surface area contributed by atoms with Crippen LogP contribution in [0.1, 0.15) is 50.1 Å². The highest BCUT2D eigenvalue weighted by molar-refractivity contribution is 6.30. The van der Waals surface area contributed by atoms with Crippen LogP contribution in [0.3, 0.4) is 0 Å². The lowest BCUT2D eigenvalue weighted by molar-refractivity contribution is 1.52. The van der Waals surface area contributed by atoms with Crippen LogP contribution in [0.25, 0.3) is 104 Å². The molecule has 0 heterocycles. The van der Waals surface area contributed by atoms with Crippen LogP contribution in [0.15, 0.2) is 200 Å². The average Bonchev–Trinajstić information content (AvgIpc) is 4.01. The summed E-state index contributed by atoms with van der Waals surface area (Å²) in [5.41, 5.74) is 18.5. The first-order valence-corrected chi connectivity index (χ1v) is 22.1. The molecule has 0 N–H and O–H groups in total. The van der Waals surface area contributed by atoms with Gasteiger partial charge in [0, 0.05) is 22.3 Å². The van der Waals surface area contributed by atoms with E-state index in [4.69, 9.17) is 6.57 Å². The van der Waals surface area contributed by atoms with Crippen molar-refractivity contribution in [3.8, 4) is 45.5 Å². The molecule has 10 aromatic carbocycles. The number of benzene rings is 10. The van der Waals surface area contributed by atoms with Crippen LogP contribution in [-0.2, 0) is 0 Å². The molecule has 0 saturated heterocycles. The quantitative estimate of drug-likeness (QED) is 0.132. The van der Waals surface area contributed by atoms with Crippen LogP contribution in [0.5, 0.6) is 0 Å². The SMILES string of the molecule is [C-]#[N+]/C(=C1/c2ccccc2-c2c3c(c4c(c21)-c1ccccc1/C4=C(/C#N)c1ccc2ccccc2c1)-c1ccccc1/C3=C(/C#N)c1ccc2ccccc2c1)c1ccc2ccccc2c1. The summed E-state index contributed by atoms with van der Waals surface area (Å²) in [7, 11) is 0. The number of rotatable bonds is 3. The van der Waals surface area contributed by atoms with Crippen molar-refractivity contribution < 1.29 is 0 Å². The molecule has 0 radical (unpaired) electrons. The van der Waals surface area contributed by atoms with Gasteiger partial charge in [0.15, 0.2) is 0 Å². The second-order valence-corrected chi connectivity index (χ2v) is 17.1. The van der Waals surface area contributed by atoms with Crippen molar-refractivity contribution in [1.29, 1.82) is 10.5 Å². The van der Waals surface area contributed by atoms with E-state index in [1.165, 1.54) is 0 Å². The number of fused-ring (bicyclic) bond motifs is 15. The van der Waals surface area contributed by atoms with Crippen LogP contribution in [0.4, 0.5) is 0 Å². The number of hydrogen-bond acceptors (Lipinski definition) is 2. The van der Waals surface area contributed by atoms with Crippen molar-refractivity contribution in [2.75, 3.05) is 0 Å². The zero-order valence-electron chi connectivity index (χ0n) is 35.4. The van der Waals surface area contributed by atoms with Crippen LogP contribution >= 0.6 is 0 Å². The number of nitrogens with zero attached hydrogens (tertiary/aromatic N) is 3. The van der Waals surface area contributed by atoms with Crippen LogP contribution in [-0.4, -0.2) is 0 Å². The molecule has 0 amide bonds. The lowest BCUT2D eigenvalue weighted by Crippen LogP contribution is -2.00. The molecule has 0 spiro atoms. The summed E-state index contributed by atoms with van der Waals surface area (Å²) in [6.45, 7) is 9.05. The average molecular weight is 832 g/mol. The van der Waals surface area contributed by atoms with Crippen LogP contribution in [0, 0.1) is 29.2 Å². The summed E-state index contributed by atoms with van der Waals surface area (Å²) in [5, 5.41) is 29.6. The van der Waals surface area contributed by atoms with Gasteiger partial charge in [0.05, 0.1) is 17.7 Å². The molecular weight excluding hydrogens is 799 g/mol. The molecule has 0 bridgehead atoms. The number of allylic oxidation sites excluding steroid dienone is 2. The van der Waals surface area contributed by atoms with E-state index in [-0.39, 0.29) is 0 Å². The van der Waals surface area contributed by atoms with E-state index in [0.717, 1.165) is 132 Å². The maximum atomic E-state index is 11.6. The fourth-order valence-electron chi connectivity index (χ4n) is 11.1. The lowest BCUT2D eigenvalue weighted by Gasteiger charge is -2.20. The molecule has 3 heteroatoms. The second kappa shape index (κ2) is 14.4. The summed E-state index contributed by atoms with van der Waals surface area (Å²) in [6.07, 6.45) is 0. The van der Waals surface area contributed by atoms with Gasteiger partial charge in [-0.2, -0.15) is 10.5 Å². The summed E-state index contributed by atoms with van der Waals surface area (Å²) in [6, 6.07) is 74.4. The van der Waals surface area contributed by atoms with Gasteiger partial charge in [0.25, 0.3) is 0 Å². The van der Waals surface area contributed by atoms with E-state index >= 15 is 0 Å². The number of hydrogen-bond donors (Lipinski definition) is 0. The lowest BCUT2D eigenvalue weighted by atomic mass is 9.81. The van der Waals surface area contributed by atoms with Gasteiger partial charge < -0.3 is 0 Å². The topological polar surface area (TPSA) is 51.9 Å². The molecule has 0 saturated carbocycles. The molecule has 0 unspecified atom stereocenters. The molecule has 300 valence electrons. The standard InChI is InChI=1S/C63H33N3/c1-66-63(45-31-28-39-16-4-7-19-42(39)34-45)59-51-25-13-12-24-50(51)58-61-54(52(35-64)43-29-26-37-14-2-5-17-40(37)32-43)46-20-8-10-22-48(46)56(61)60-55(47-21-9-11-23-49(47)57(60)62(58)59)53(36-65)44-30-27-38-15-3-6-18-41(38)33-44/h2-34H/b54-52+,55-53+,63-59-. The van der Waals surface area contributed by atoms with Crippen molar-refractivity contribution in [3.63, 3.8) is 0 Å². The van der Waals surface area contributed by atoms with Crippen molar-refractivity contribution in [3.05, 3.63) is 262 Å². The third-order valence-corrected chi connectivity index (χ3v) is 13.8. The van der Waals surface area contributed by atoms with Gasteiger partial charge in [-0.15, -0.1) is 0 Å². The predicted octanol–water partition coefficient (Wildman–Crippen LogP) is 15.9. The van der Waals surface area contributed by atoms with Crippen LogP contribution < -0.4 is 0 Å². The Morgan fingerprint density at radius 3 is 1.00 bits per heavy atom. The van der Waals surface area contributed by atoms with E-state index < -0.39 is 0 Å². The van der Waals surface area contributed by atoms with Crippen molar-refractivity contribution >= 4 is 65.9 Å². The molecule has 0 fully saturated rings. The molecule has 10 aromatic rings. The minimum atomic E-state index is 0.551. The molecule has 13 rings (SSSR count). The Balaban J connectivity index is 1.26. The molecule has 3 nitrogen and oxygen atoms in total. The fraction of sp³-hybridized carbons (Fsp3) is 0. The predicted molar refractivity (Wildman–Crippen MR) is 270 cm³/mol. The minimum Gasteiger partial charge on any atom is -0.237 e. The van der Waals surface area contributed by atoms with E-state index in [1.807, 2.05) is 36.4 Å². The first-order valence-electron chi connectivity index (χ1n) is 22.1. The molecule has 0 aromatic heterocycles. The van der Waals surface area contributed by atoms with E-state index in [2.05, 4.69) is 181 Å². The highest BCUT2D eigenvalue weighted by Gasteiger charge is 2.44. The third kappa shape index (κ3) is 5.22. The molecule has 3 aliphatic carbocycles. The van der Waals surface area contributed by atoms with Gasteiger partial charge in [-0.3, -0.25) is 0 Å². The van der Waals surface area contributed by atoms with Crippen molar-refractivity contribution in [2.24, 2.45) is 0 Å². The largest absolute Gasteiger partial charge is 0.237 e. The van der Waals surface area contributed by atoms with Gasteiger partial charge in [-0.1, -0.05) is 188 Å². The molecule has 0 aliphatic heterocycles. The zero-order chi connectivity index (χ0) is 44.0. The Morgan fingerprint density at radius 1 is 0.318 bits per heavy atom. The van der Waals surface area contributed by atoms with Gasteiger partial charge in [-0.25, -0.2) is 4.85 Å². The maximum absolute atomic E-state index is 11.6. The fourth-order valence-corrected chi connectivity index (χ4v) is 11.1. The smallest absolute Gasteiger partial charge is 0.202 e. The summed E-state index contributed by atoms with van der Waals surface area (Å²) in [4.78, 5) is 4.45. The molecule has 0 atom stereocenters. The normalized spacial score (nSPS) is 14.9. The van der Waals surface area contributed by atoms with Gasteiger partial charge in [-0.05, 0) is 122 Å². The monoisotopic (exact) mass is 831 g/mol. The van der Waals surface area contributed by atoms with Gasteiger partial charge >= 0.3 is 0 Å². The second-order valence-electron chi connectivity index (χ2n) is 17.1. The Labute approximate surface area is 381 Å². The first-order chi connectivity index (χ1) is 32.6. The molecule has 66 heavy (non-hydrogen) atoms. The Hall–Kier alpha value is -9.33. The summed E-state index contributed by atoms with van der Waals surface area (Å²) < 4.78 is 0. The molecule has 3 aliphatic rings. The summed E-state index contributed by atoms with van der Waals surface area (Å²) in [5.74, 6) is 0. The Morgan fingerprint density at radius 2 is 0.621 bits per heavy atom. The third-order valence-electron chi connectivity index (χ3n) is 13.8. The molecular formula is C63H33N3. The van der Waals surface area contributed by atoms with Gasteiger partial charge in [0.2, 0.25) is 5.70 Å². The highest BCUT2D eigenvalue weighted by Crippen LogP contribution is 2.66. The van der Waals surface area contributed by atoms with Crippen molar-refractivity contribution in [1.82, 2.24) is 0 Å². The minimum absolute atomic E-state index is 0.551. The van der Waals surface area contributed by atoms with Crippen molar-refractivity contribution in [2.45, 2.75) is 0 Å². The zero-order valence-corrected chi connectivity index (χ0v) is 35.4. The van der Waals surface area contributed by atoms with Gasteiger partial charge in [0.1, 0.15) is 12.1 Å². The van der Waals surface area contributed by atoms with E-state index in [9.17, 15) is 10.5 Å². The number of nitriles is 2. The highest BCUT2D eigenvalue weighted by atomic mass is 14.7. The Bertz CT molecular complexity index is 3640. The summed E-state index contributed by atoms with van der Waals surface area (Å²) >= 11 is 0. The van der Waals surface area contributed by atoms with E-state index in [0.29, 0.717) is 16.8 Å². The van der Waals surface area contributed by atoms with Crippen LogP contribution in [0.2, 0.25) is 0 Å². The first kappa shape index (κ1) is 37.2. The maximum Gasteiger partial charge on any atom is 0.202 e.